The summed E-state index contributed by atoms with van der Waals surface area (Å²) in [5.41, 5.74) is 1.73. The minimum Gasteiger partial charge on any atom is -0.493 e. The molecule has 2 aromatic rings. The molecule has 0 aromatic heterocycles. The van der Waals surface area contributed by atoms with E-state index >= 15 is 0 Å². The van der Waals surface area contributed by atoms with Crippen LogP contribution in [0.2, 0.25) is 10.0 Å². The zero-order valence-corrected chi connectivity index (χ0v) is 19.5. The lowest BCUT2D eigenvalue weighted by Crippen LogP contribution is -2.18. The molecule has 28 heavy (non-hydrogen) atoms. The number of hydrogen-bond donors (Lipinski definition) is 1. The van der Waals surface area contributed by atoms with Gasteiger partial charge in [0, 0.05) is 38.8 Å². The van der Waals surface area contributed by atoms with Crippen LogP contribution in [-0.2, 0) is 17.9 Å². The Balaban J connectivity index is 2.08. The van der Waals surface area contributed by atoms with Gasteiger partial charge in [-0.3, -0.25) is 0 Å². The maximum absolute atomic E-state index is 6.27. The van der Waals surface area contributed by atoms with Crippen molar-refractivity contribution in [3.63, 3.8) is 0 Å². The molecule has 4 nitrogen and oxygen atoms in total. The molecule has 1 N–H and O–H groups in total. The largest absolute Gasteiger partial charge is 0.493 e. The fourth-order valence-electron chi connectivity index (χ4n) is 2.61. The molecule has 0 saturated carbocycles. The standard InChI is InChI=1S/C21H26BrCl2NO3/c1-14(2)27-11-5-10-25-12-15-17(22)8-9-20(26-3)21(15)28-13-16-18(23)6-4-7-19(16)24/h4,6-9,14,25H,5,10-13H2,1-3H3. The molecule has 7 heteroatoms. The molecule has 0 atom stereocenters. The first-order valence-corrected chi connectivity index (χ1v) is 10.7. The topological polar surface area (TPSA) is 39.7 Å². The fourth-order valence-corrected chi connectivity index (χ4v) is 3.57. The van der Waals surface area contributed by atoms with Crippen molar-refractivity contribution >= 4 is 39.1 Å². The lowest BCUT2D eigenvalue weighted by atomic mass is 10.1. The zero-order chi connectivity index (χ0) is 20.5. The summed E-state index contributed by atoms with van der Waals surface area (Å²) in [6, 6.07) is 9.23. The number of nitrogens with one attached hydrogen (secondary N) is 1. The van der Waals surface area contributed by atoms with Crippen LogP contribution in [0.4, 0.5) is 0 Å². The molecule has 0 amide bonds. The van der Waals surface area contributed by atoms with E-state index in [9.17, 15) is 0 Å². The van der Waals surface area contributed by atoms with Gasteiger partial charge in [0.25, 0.3) is 0 Å². The van der Waals surface area contributed by atoms with Gasteiger partial charge >= 0.3 is 0 Å². The van der Waals surface area contributed by atoms with Crippen LogP contribution in [0.5, 0.6) is 11.5 Å². The smallest absolute Gasteiger partial charge is 0.167 e. The van der Waals surface area contributed by atoms with E-state index in [1.165, 1.54) is 0 Å². The first-order chi connectivity index (χ1) is 13.4. The van der Waals surface area contributed by atoms with Gasteiger partial charge in [-0.2, -0.15) is 0 Å². The maximum atomic E-state index is 6.27. The third-order valence-corrected chi connectivity index (χ3v) is 5.51. The summed E-state index contributed by atoms with van der Waals surface area (Å²) >= 11 is 16.1. The van der Waals surface area contributed by atoms with Crippen LogP contribution in [-0.4, -0.2) is 26.4 Å². The normalized spacial score (nSPS) is 11.1. The van der Waals surface area contributed by atoms with Crippen LogP contribution < -0.4 is 14.8 Å². The summed E-state index contributed by atoms with van der Waals surface area (Å²) in [4.78, 5) is 0. The highest BCUT2D eigenvalue weighted by molar-refractivity contribution is 9.10. The van der Waals surface area contributed by atoms with E-state index in [0.717, 1.165) is 35.2 Å². The summed E-state index contributed by atoms with van der Waals surface area (Å²) in [5.74, 6) is 1.32. The van der Waals surface area contributed by atoms with Crippen molar-refractivity contribution < 1.29 is 14.2 Å². The number of hydrogen-bond acceptors (Lipinski definition) is 4. The minimum atomic E-state index is 0.251. The highest BCUT2D eigenvalue weighted by atomic mass is 79.9. The maximum Gasteiger partial charge on any atom is 0.167 e. The lowest BCUT2D eigenvalue weighted by Gasteiger charge is -2.18. The van der Waals surface area contributed by atoms with Crippen LogP contribution in [0.3, 0.4) is 0 Å². The Morgan fingerprint density at radius 2 is 1.79 bits per heavy atom. The number of halogens is 3. The molecular formula is C21H26BrCl2NO3. The molecule has 0 aliphatic heterocycles. The quantitative estimate of drug-likeness (QED) is 0.378. The van der Waals surface area contributed by atoms with Crippen molar-refractivity contribution in [3.8, 4) is 11.5 Å². The molecule has 0 fully saturated rings. The first-order valence-electron chi connectivity index (χ1n) is 9.17. The SMILES string of the molecule is COc1ccc(Br)c(CNCCCOC(C)C)c1OCc1c(Cl)cccc1Cl. The summed E-state index contributed by atoms with van der Waals surface area (Å²) in [5, 5.41) is 4.58. The molecule has 0 unspecified atom stereocenters. The van der Waals surface area contributed by atoms with Crippen LogP contribution in [0.1, 0.15) is 31.4 Å². The van der Waals surface area contributed by atoms with E-state index in [-0.39, 0.29) is 12.7 Å². The first kappa shape index (κ1) is 23.3. The van der Waals surface area contributed by atoms with E-state index in [0.29, 0.717) is 28.1 Å². The monoisotopic (exact) mass is 489 g/mol. The van der Waals surface area contributed by atoms with Crippen molar-refractivity contribution in [1.29, 1.82) is 0 Å². The third kappa shape index (κ3) is 6.82. The van der Waals surface area contributed by atoms with Gasteiger partial charge in [-0.05, 0) is 51.1 Å². The molecule has 2 aromatic carbocycles. The Hall–Kier alpha value is -0.980. The third-order valence-electron chi connectivity index (χ3n) is 4.06. The second-order valence-corrected chi connectivity index (χ2v) is 8.16. The van der Waals surface area contributed by atoms with Crippen molar-refractivity contribution in [2.75, 3.05) is 20.3 Å². The Morgan fingerprint density at radius 1 is 1.07 bits per heavy atom. The van der Waals surface area contributed by atoms with Gasteiger partial charge in [0.1, 0.15) is 6.61 Å². The van der Waals surface area contributed by atoms with Crippen molar-refractivity contribution in [3.05, 3.63) is 56.0 Å². The summed E-state index contributed by atoms with van der Waals surface area (Å²) in [6.07, 6.45) is 1.19. The van der Waals surface area contributed by atoms with Gasteiger partial charge < -0.3 is 19.5 Å². The highest BCUT2D eigenvalue weighted by Crippen LogP contribution is 2.37. The van der Waals surface area contributed by atoms with Gasteiger partial charge in [-0.1, -0.05) is 45.2 Å². The van der Waals surface area contributed by atoms with Crippen molar-refractivity contribution in [1.82, 2.24) is 5.32 Å². The number of benzene rings is 2. The second kappa shape index (κ2) is 11.9. The lowest BCUT2D eigenvalue weighted by molar-refractivity contribution is 0.0770. The Bertz CT molecular complexity index is 751. The molecule has 0 aliphatic rings. The van der Waals surface area contributed by atoms with Crippen LogP contribution in [0, 0.1) is 0 Å². The van der Waals surface area contributed by atoms with E-state index in [1.807, 2.05) is 32.0 Å². The summed E-state index contributed by atoms with van der Waals surface area (Å²) in [6.45, 7) is 6.53. The molecular weight excluding hydrogens is 465 g/mol. The van der Waals surface area contributed by atoms with Crippen LogP contribution >= 0.6 is 39.1 Å². The molecule has 0 heterocycles. The molecule has 154 valence electrons. The van der Waals surface area contributed by atoms with Crippen molar-refractivity contribution in [2.45, 2.75) is 39.5 Å². The number of ether oxygens (including phenoxy) is 3. The van der Waals surface area contributed by atoms with Gasteiger partial charge in [0.05, 0.1) is 13.2 Å². The molecule has 2 rings (SSSR count). The van der Waals surface area contributed by atoms with E-state index in [1.54, 1.807) is 19.2 Å². The highest BCUT2D eigenvalue weighted by Gasteiger charge is 2.16. The average Bonchev–Trinajstić information content (AvgIpc) is 2.65. The molecule has 0 radical (unpaired) electrons. The summed E-state index contributed by atoms with van der Waals surface area (Å²) in [7, 11) is 1.62. The van der Waals surface area contributed by atoms with Gasteiger partial charge in [0.2, 0.25) is 0 Å². The Labute approximate surface area is 185 Å². The molecule has 0 saturated heterocycles. The number of methoxy groups -OCH3 is 1. The predicted octanol–water partition coefficient (Wildman–Crippen LogP) is 6.25. The fraction of sp³-hybridized carbons (Fsp3) is 0.429. The van der Waals surface area contributed by atoms with Gasteiger partial charge in [-0.15, -0.1) is 0 Å². The van der Waals surface area contributed by atoms with Gasteiger partial charge in [0.15, 0.2) is 11.5 Å². The van der Waals surface area contributed by atoms with Crippen LogP contribution in [0.25, 0.3) is 0 Å². The average molecular weight is 491 g/mol. The molecule has 0 spiro atoms. The minimum absolute atomic E-state index is 0.251. The molecule has 0 bridgehead atoms. The van der Waals surface area contributed by atoms with E-state index in [4.69, 9.17) is 37.4 Å². The van der Waals surface area contributed by atoms with Crippen LogP contribution in [0.15, 0.2) is 34.8 Å². The molecule has 0 aliphatic carbocycles. The summed E-state index contributed by atoms with van der Waals surface area (Å²) < 4.78 is 18.1. The Morgan fingerprint density at radius 3 is 2.43 bits per heavy atom. The Kier molecular flexibility index (Phi) is 9.89. The number of rotatable bonds is 11. The second-order valence-electron chi connectivity index (χ2n) is 6.50. The van der Waals surface area contributed by atoms with E-state index < -0.39 is 0 Å². The van der Waals surface area contributed by atoms with E-state index in [2.05, 4.69) is 21.2 Å². The van der Waals surface area contributed by atoms with Crippen molar-refractivity contribution in [2.24, 2.45) is 0 Å². The van der Waals surface area contributed by atoms with Gasteiger partial charge in [-0.25, -0.2) is 0 Å². The zero-order valence-electron chi connectivity index (χ0n) is 16.4. The predicted molar refractivity (Wildman–Crippen MR) is 119 cm³/mol.